The van der Waals surface area contributed by atoms with E-state index in [9.17, 15) is 18.5 Å². The Labute approximate surface area is 174 Å². The highest BCUT2D eigenvalue weighted by Gasteiger charge is 2.37. The lowest BCUT2D eigenvalue weighted by molar-refractivity contribution is -0.386. The fourth-order valence-corrected chi connectivity index (χ4v) is 5.56. The first-order valence-corrected chi connectivity index (χ1v) is 11.1. The fraction of sp³-hybridized carbons (Fsp3) is 0.400. The number of hydrogen-bond donors (Lipinski definition) is 0. The topological polar surface area (TPSA) is 108 Å². The zero-order valence-corrected chi connectivity index (χ0v) is 17.3. The molecule has 30 heavy (non-hydrogen) atoms. The van der Waals surface area contributed by atoms with Crippen LogP contribution < -0.4 is 14.2 Å². The van der Waals surface area contributed by atoms with E-state index >= 15 is 0 Å². The van der Waals surface area contributed by atoms with E-state index in [0.717, 1.165) is 18.1 Å². The third-order valence-electron chi connectivity index (χ3n) is 5.31. The van der Waals surface area contributed by atoms with Crippen LogP contribution in [0.25, 0.3) is 0 Å². The van der Waals surface area contributed by atoms with E-state index in [1.54, 1.807) is 6.07 Å². The Morgan fingerprint density at radius 2 is 1.87 bits per heavy atom. The van der Waals surface area contributed by atoms with Crippen LogP contribution in [0.4, 0.5) is 5.69 Å². The Morgan fingerprint density at radius 1 is 1.10 bits per heavy atom. The number of nitro benzene ring substituents is 1. The average Bonchev–Trinajstić information content (AvgIpc) is 3.13. The molecule has 9 nitrogen and oxygen atoms in total. The van der Waals surface area contributed by atoms with E-state index in [-0.39, 0.29) is 22.4 Å². The summed E-state index contributed by atoms with van der Waals surface area (Å²) >= 11 is 0. The van der Waals surface area contributed by atoms with Gasteiger partial charge < -0.3 is 14.2 Å². The molecule has 10 heteroatoms. The first-order valence-electron chi connectivity index (χ1n) is 9.65. The molecule has 0 aromatic heterocycles. The van der Waals surface area contributed by atoms with E-state index < -0.39 is 14.9 Å². The van der Waals surface area contributed by atoms with Crippen molar-refractivity contribution >= 4 is 15.7 Å². The van der Waals surface area contributed by atoms with Crippen LogP contribution in [-0.4, -0.2) is 44.5 Å². The molecule has 1 unspecified atom stereocenters. The van der Waals surface area contributed by atoms with Gasteiger partial charge in [0.25, 0.3) is 0 Å². The van der Waals surface area contributed by atoms with Gasteiger partial charge in [0.1, 0.15) is 0 Å². The third kappa shape index (κ3) is 3.68. The Hall–Kier alpha value is -2.85. The van der Waals surface area contributed by atoms with Gasteiger partial charge in [0.2, 0.25) is 10.0 Å². The highest BCUT2D eigenvalue weighted by Crippen LogP contribution is 2.41. The number of ether oxygens (including phenoxy) is 3. The number of hydrogen-bond acceptors (Lipinski definition) is 7. The van der Waals surface area contributed by atoms with Crippen LogP contribution >= 0.6 is 0 Å². The predicted molar refractivity (Wildman–Crippen MR) is 108 cm³/mol. The number of rotatable bonds is 5. The number of nitro groups is 1. The number of benzene rings is 2. The predicted octanol–water partition coefficient (Wildman–Crippen LogP) is 3.29. The molecule has 0 aliphatic carbocycles. The maximum absolute atomic E-state index is 13.3. The summed E-state index contributed by atoms with van der Waals surface area (Å²) in [7, 11) is -2.64. The second-order valence-corrected chi connectivity index (χ2v) is 9.01. The molecule has 0 amide bonds. The second-order valence-electron chi connectivity index (χ2n) is 7.12. The number of fused-ring (bicyclic) bond motifs is 1. The molecule has 1 atom stereocenters. The Bertz CT molecular complexity index is 1070. The zero-order chi connectivity index (χ0) is 21.3. The molecule has 1 saturated heterocycles. The number of sulfonamides is 1. The molecule has 2 aromatic rings. The van der Waals surface area contributed by atoms with Gasteiger partial charge in [-0.1, -0.05) is 6.07 Å². The van der Waals surface area contributed by atoms with Gasteiger partial charge in [0.15, 0.2) is 17.2 Å². The maximum atomic E-state index is 13.3. The standard InChI is InChI=1S/C20H22N2O7S/c1-27-18-8-6-15(13-17(18)22(23)24)30(25,26)21-9-2-4-16(21)14-5-7-19-20(12-14)29-11-3-10-28-19/h5-8,12-13,16H,2-4,9-11H2,1H3. The molecular formula is C20H22N2O7S. The summed E-state index contributed by atoms with van der Waals surface area (Å²) in [6.45, 7) is 1.45. The summed E-state index contributed by atoms with van der Waals surface area (Å²) in [6, 6.07) is 8.80. The molecule has 0 N–H and O–H groups in total. The van der Waals surface area contributed by atoms with Crippen LogP contribution in [0.1, 0.15) is 30.9 Å². The van der Waals surface area contributed by atoms with Crippen LogP contribution in [0.2, 0.25) is 0 Å². The average molecular weight is 434 g/mol. The smallest absolute Gasteiger partial charge is 0.312 e. The Balaban J connectivity index is 1.69. The minimum atomic E-state index is -3.94. The summed E-state index contributed by atoms with van der Waals surface area (Å²) in [5.74, 6) is 1.27. The Morgan fingerprint density at radius 3 is 2.60 bits per heavy atom. The molecule has 2 aliphatic heterocycles. The molecular weight excluding hydrogens is 412 g/mol. The van der Waals surface area contributed by atoms with Crippen LogP contribution in [-0.2, 0) is 10.0 Å². The van der Waals surface area contributed by atoms with Gasteiger partial charge in [-0.3, -0.25) is 10.1 Å². The van der Waals surface area contributed by atoms with Gasteiger partial charge in [-0.25, -0.2) is 8.42 Å². The van der Waals surface area contributed by atoms with Crippen LogP contribution in [0.3, 0.4) is 0 Å². The summed E-state index contributed by atoms with van der Waals surface area (Å²) in [5, 5.41) is 11.3. The quantitative estimate of drug-likeness (QED) is 0.525. The van der Waals surface area contributed by atoms with Crippen LogP contribution in [0.5, 0.6) is 17.2 Å². The molecule has 2 heterocycles. The molecule has 1 fully saturated rings. The first-order chi connectivity index (χ1) is 14.4. The van der Waals surface area contributed by atoms with Gasteiger partial charge in [-0.15, -0.1) is 0 Å². The van der Waals surface area contributed by atoms with Crippen LogP contribution in [0.15, 0.2) is 41.3 Å². The van der Waals surface area contributed by atoms with Gasteiger partial charge in [0.05, 0.1) is 36.2 Å². The lowest BCUT2D eigenvalue weighted by Crippen LogP contribution is -2.30. The zero-order valence-electron chi connectivity index (χ0n) is 16.4. The highest BCUT2D eigenvalue weighted by molar-refractivity contribution is 7.89. The number of methoxy groups -OCH3 is 1. The van der Waals surface area contributed by atoms with E-state index in [1.165, 1.54) is 23.5 Å². The minimum Gasteiger partial charge on any atom is -0.490 e. The lowest BCUT2D eigenvalue weighted by Gasteiger charge is -2.25. The van der Waals surface area contributed by atoms with E-state index in [1.807, 2.05) is 12.1 Å². The summed E-state index contributed by atoms with van der Waals surface area (Å²) in [6.07, 6.45) is 2.12. The van der Waals surface area contributed by atoms with Crippen molar-refractivity contribution in [3.05, 3.63) is 52.1 Å². The third-order valence-corrected chi connectivity index (χ3v) is 7.22. The van der Waals surface area contributed by atoms with E-state index in [4.69, 9.17) is 14.2 Å². The molecule has 4 rings (SSSR count). The van der Waals surface area contributed by atoms with Crippen molar-refractivity contribution in [3.8, 4) is 17.2 Å². The van der Waals surface area contributed by atoms with Crippen LogP contribution in [0, 0.1) is 10.1 Å². The lowest BCUT2D eigenvalue weighted by atomic mass is 10.0. The SMILES string of the molecule is COc1ccc(S(=O)(=O)N2CCCC2c2ccc3c(c2)OCCCO3)cc1[N+](=O)[O-]. The largest absolute Gasteiger partial charge is 0.490 e. The molecule has 0 spiro atoms. The fourth-order valence-electron chi connectivity index (χ4n) is 3.86. The summed E-state index contributed by atoms with van der Waals surface area (Å²) < 4.78 is 44.5. The van der Waals surface area contributed by atoms with Crippen molar-refractivity contribution in [2.45, 2.75) is 30.2 Å². The maximum Gasteiger partial charge on any atom is 0.312 e. The van der Waals surface area contributed by atoms with Crippen molar-refractivity contribution in [3.63, 3.8) is 0 Å². The highest BCUT2D eigenvalue weighted by atomic mass is 32.2. The molecule has 160 valence electrons. The molecule has 0 saturated carbocycles. The summed E-state index contributed by atoms with van der Waals surface area (Å²) in [4.78, 5) is 10.5. The molecule has 2 aliphatic rings. The van der Waals surface area contributed by atoms with Gasteiger partial charge in [-0.2, -0.15) is 4.31 Å². The number of nitrogens with zero attached hydrogens (tertiary/aromatic N) is 2. The molecule has 0 bridgehead atoms. The Kier molecular flexibility index (Phi) is 5.52. The van der Waals surface area contributed by atoms with Crippen molar-refractivity contribution in [2.24, 2.45) is 0 Å². The van der Waals surface area contributed by atoms with Gasteiger partial charge >= 0.3 is 5.69 Å². The molecule has 0 radical (unpaired) electrons. The minimum absolute atomic E-state index is 0.0137. The van der Waals surface area contributed by atoms with E-state index in [0.29, 0.717) is 44.1 Å². The van der Waals surface area contributed by atoms with Crippen molar-refractivity contribution < 1.29 is 27.6 Å². The summed E-state index contributed by atoms with van der Waals surface area (Å²) in [5.41, 5.74) is 0.424. The van der Waals surface area contributed by atoms with Gasteiger partial charge in [-0.05, 0) is 42.7 Å². The molecule has 2 aromatic carbocycles. The second kappa shape index (κ2) is 8.11. The normalized spacial score (nSPS) is 19.3. The van der Waals surface area contributed by atoms with E-state index in [2.05, 4.69) is 0 Å². The van der Waals surface area contributed by atoms with Crippen molar-refractivity contribution in [1.82, 2.24) is 4.31 Å². The van der Waals surface area contributed by atoms with Crippen molar-refractivity contribution in [2.75, 3.05) is 26.9 Å². The monoisotopic (exact) mass is 434 g/mol. The van der Waals surface area contributed by atoms with Gasteiger partial charge in [0, 0.05) is 19.0 Å². The van der Waals surface area contributed by atoms with Crippen molar-refractivity contribution in [1.29, 1.82) is 0 Å². The first kappa shape index (κ1) is 20.4.